The van der Waals surface area contributed by atoms with Crippen molar-refractivity contribution in [3.05, 3.63) is 0 Å². The van der Waals surface area contributed by atoms with Crippen molar-refractivity contribution in [2.75, 3.05) is 113 Å². The molecule has 0 aromatic carbocycles. The van der Waals surface area contributed by atoms with Crippen molar-refractivity contribution in [2.45, 2.75) is 207 Å². The van der Waals surface area contributed by atoms with Gasteiger partial charge in [0, 0.05) is 139 Å². The minimum Gasteiger partial charge on any atom is -0.480 e. The third-order valence-corrected chi connectivity index (χ3v) is 22.5. The fourth-order valence-corrected chi connectivity index (χ4v) is 18.6. The maximum absolute atomic E-state index is 10.7. The number of nitrogens with zero attached hydrogens (tertiary/aromatic N) is 8. The van der Waals surface area contributed by atoms with Crippen molar-refractivity contribution in [1.82, 2.24) is 44.5 Å². The van der Waals surface area contributed by atoms with E-state index in [1.807, 2.05) is 0 Å². The summed E-state index contributed by atoms with van der Waals surface area (Å²) in [6.45, 7) is 17.9. The van der Waals surface area contributed by atoms with Crippen molar-refractivity contribution in [3.63, 3.8) is 0 Å². The molecular weight excluding hydrogens is 923 g/mol. The molecule has 12 unspecified atom stereocenters. The summed E-state index contributed by atoms with van der Waals surface area (Å²) in [4.78, 5) is 30.7. The quantitative estimate of drug-likeness (QED) is 0.244. The molecular formula is C57H99N9O7. The summed E-state index contributed by atoms with van der Waals surface area (Å²) in [6, 6.07) is 4.05. The molecule has 0 aromatic heterocycles. The van der Waals surface area contributed by atoms with Gasteiger partial charge >= 0.3 is 5.97 Å². The zero-order valence-corrected chi connectivity index (χ0v) is 45.3. The molecule has 2 saturated carbocycles. The van der Waals surface area contributed by atoms with Crippen molar-refractivity contribution in [2.24, 2.45) is 35.5 Å². The van der Waals surface area contributed by atoms with Gasteiger partial charge < -0.3 is 45.0 Å². The van der Waals surface area contributed by atoms with Crippen LogP contribution in [-0.2, 0) is 14.3 Å². The predicted octanol–water partition coefficient (Wildman–Crippen LogP) is 2.34. The van der Waals surface area contributed by atoms with E-state index in [0.29, 0.717) is 66.3 Å². The molecule has 22 fully saturated rings. The molecule has 5 N–H and O–H groups in total. The molecule has 73 heavy (non-hydrogen) atoms. The van der Waals surface area contributed by atoms with Gasteiger partial charge in [-0.2, -0.15) is 0 Å². The van der Waals surface area contributed by atoms with Crippen molar-refractivity contribution in [1.29, 1.82) is 0 Å². The standard InChI is InChI=1S/C9H15NO2.C9H15N.C9H17N.C8H14N2O.2C8H13NO2.C6H12N2/c11-9(12)8-5-6-3-1-2-4-7(6)10-8;1-7-2-9-3-8(1)5-10(4-7)6-9;1-10-8-4-2-5-9(10)7-3-6-8;11-8-6-1-9-3-7(8)4-10(2-6)5-9;1-9-5-2-4-3-6(9)8(11-4)7(5)10;1-9-5-2-4(10)3-6(9)8-7(5)11-8;1-2-8-5-3-7(1)4-6-8/h6-8,10H,1-5H2,(H,11,12);7-9H,1-6H2;8-9H,2-7H2,1H3;6-8,11H,1-5H2;2*4-8,10H,2-3H2,1H3;1-6H2. The summed E-state index contributed by atoms with van der Waals surface area (Å²) >= 11 is 0. The van der Waals surface area contributed by atoms with Crippen molar-refractivity contribution < 1.29 is 34.7 Å². The van der Waals surface area contributed by atoms with Gasteiger partial charge in [0.1, 0.15) is 24.4 Å². The highest BCUT2D eigenvalue weighted by atomic mass is 16.6. The van der Waals surface area contributed by atoms with Gasteiger partial charge in [0.05, 0.1) is 31.1 Å². The fourth-order valence-electron chi connectivity index (χ4n) is 18.6. The normalized spacial score (nSPS) is 52.7. The molecule has 22 rings (SSSR count). The largest absolute Gasteiger partial charge is 0.480 e. The molecule has 16 heteroatoms. The zero-order chi connectivity index (χ0) is 50.1. The molecule has 414 valence electrons. The zero-order valence-electron chi connectivity index (χ0n) is 45.3. The molecule has 16 nitrogen and oxygen atoms in total. The third-order valence-electron chi connectivity index (χ3n) is 22.5. The number of morpholine rings is 1. The van der Waals surface area contributed by atoms with E-state index in [0.717, 1.165) is 94.8 Å². The number of nitrogens with one attached hydrogen (secondary N) is 1. The highest BCUT2D eigenvalue weighted by molar-refractivity contribution is 5.74. The first-order valence-corrected chi connectivity index (χ1v) is 30.5. The van der Waals surface area contributed by atoms with Crippen LogP contribution in [0.2, 0.25) is 0 Å². The van der Waals surface area contributed by atoms with Crippen LogP contribution in [0.4, 0.5) is 0 Å². The smallest absolute Gasteiger partial charge is 0.320 e. The first-order chi connectivity index (χ1) is 35.4. The van der Waals surface area contributed by atoms with E-state index >= 15 is 0 Å². The number of piperidine rings is 9. The second kappa shape index (κ2) is 22.6. The second-order valence-electron chi connectivity index (χ2n) is 27.2. The van der Waals surface area contributed by atoms with Gasteiger partial charge in [-0.1, -0.05) is 25.7 Å². The SMILES string of the molecule is C1C2CC3CC1CN(C2)C3.C1CN2CCN1CC2.CN1C2CC(O)CC1C1OC12.CN1C2CC3CC1C(O3)C2O.CN1C2CCCC1CCC2.O=C(O)C1CC2CCCCC2N1.OC1C2CN3CC1CN(C2)C3. The number of hydrogen-bond acceptors (Lipinski definition) is 15. The Bertz CT molecular complexity index is 1660. The van der Waals surface area contributed by atoms with E-state index in [4.69, 9.17) is 14.6 Å². The van der Waals surface area contributed by atoms with Crippen LogP contribution < -0.4 is 5.32 Å². The van der Waals surface area contributed by atoms with Crippen LogP contribution in [0.15, 0.2) is 0 Å². The average molecular weight is 1020 g/mol. The lowest BCUT2D eigenvalue weighted by atomic mass is 9.68. The number of rotatable bonds is 1. The van der Waals surface area contributed by atoms with Gasteiger partial charge in [-0.3, -0.25) is 34.2 Å². The summed E-state index contributed by atoms with van der Waals surface area (Å²) in [7, 11) is 6.56. The number of carboxylic acid groups (broad SMARTS) is 1. The fraction of sp³-hybridized carbons (Fsp3) is 0.982. The number of aliphatic hydroxyl groups excluding tert-OH is 3. The lowest BCUT2D eigenvalue weighted by Crippen LogP contribution is -2.67. The van der Waals surface area contributed by atoms with Crippen LogP contribution in [0.3, 0.4) is 0 Å². The Hall–Kier alpha value is -1.09. The molecule has 20 saturated heterocycles. The molecule has 0 spiro atoms. The maximum Gasteiger partial charge on any atom is 0.320 e. The highest BCUT2D eigenvalue weighted by Crippen LogP contribution is 2.48. The lowest BCUT2D eigenvalue weighted by Gasteiger charge is -2.55. The lowest BCUT2D eigenvalue weighted by molar-refractivity contribution is -0.141. The summed E-state index contributed by atoms with van der Waals surface area (Å²) < 4.78 is 11.1. The topological polar surface area (TPSA) is 158 Å². The van der Waals surface area contributed by atoms with E-state index in [-0.39, 0.29) is 30.5 Å². The molecule has 20 heterocycles. The Kier molecular flexibility index (Phi) is 16.3. The van der Waals surface area contributed by atoms with Crippen LogP contribution in [-0.4, -0.2) is 270 Å². The van der Waals surface area contributed by atoms with E-state index in [2.05, 4.69) is 65.7 Å². The second-order valence-corrected chi connectivity index (χ2v) is 27.2. The first kappa shape index (κ1) is 52.6. The maximum atomic E-state index is 10.7. The summed E-state index contributed by atoms with van der Waals surface area (Å²) in [5, 5.41) is 40.9. The number of carbonyl (C=O) groups is 1. The minimum atomic E-state index is -0.676. The number of carboxylic acids is 1. The Balaban J connectivity index is 0.0000000870. The van der Waals surface area contributed by atoms with E-state index in [9.17, 15) is 20.1 Å². The number of piperazine rings is 3. The van der Waals surface area contributed by atoms with Gasteiger partial charge in [0.25, 0.3) is 0 Å². The number of aliphatic hydroxyl groups is 3. The van der Waals surface area contributed by atoms with E-state index < -0.39 is 5.97 Å². The average Bonchev–Trinajstić information content (AvgIpc) is 3.81. The molecule has 18 bridgehead atoms. The van der Waals surface area contributed by atoms with Gasteiger partial charge in [0.15, 0.2) is 0 Å². The molecule has 20 aliphatic heterocycles. The Morgan fingerprint density at radius 3 is 1.41 bits per heavy atom. The summed E-state index contributed by atoms with van der Waals surface area (Å²) in [5.74, 6) is 4.38. The number of aliphatic carboxylic acids is 1. The van der Waals surface area contributed by atoms with Crippen molar-refractivity contribution in [3.8, 4) is 0 Å². The van der Waals surface area contributed by atoms with Crippen LogP contribution >= 0.6 is 0 Å². The van der Waals surface area contributed by atoms with Gasteiger partial charge in [-0.25, -0.2) is 0 Å². The number of likely N-dealkylation sites (N-methyl/N-ethyl adjacent to an activating group) is 2. The summed E-state index contributed by atoms with van der Waals surface area (Å²) in [6.07, 6.45) is 24.5. The molecule has 0 radical (unpaired) electrons. The predicted molar refractivity (Wildman–Crippen MR) is 281 cm³/mol. The van der Waals surface area contributed by atoms with Gasteiger partial charge in [-0.05, 0) is 135 Å². The Morgan fingerprint density at radius 1 is 0.466 bits per heavy atom. The number of ether oxygens (including phenoxy) is 2. The molecule has 0 amide bonds. The van der Waals surface area contributed by atoms with Gasteiger partial charge in [0.2, 0.25) is 0 Å². The van der Waals surface area contributed by atoms with Crippen LogP contribution in [0.1, 0.15) is 116 Å². The van der Waals surface area contributed by atoms with Gasteiger partial charge in [-0.15, -0.1) is 0 Å². The third kappa shape index (κ3) is 11.5. The number of epoxide rings is 1. The monoisotopic (exact) mass is 1020 g/mol. The minimum absolute atomic E-state index is 0.00259. The molecule has 0 aromatic rings. The van der Waals surface area contributed by atoms with Crippen LogP contribution in [0, 0.1) is 35.5 Å². The number of fused-ring (bicyclic) bond motifs is 11. The molecule has 22 aliphatic rings. The van der Waals surface area contributed by atoms with E-state index in [1.54, 1.807) is 19.3 Å². The molecule has 2 aliphatic carbocycles. The highest BCUT2D eigenvalue weighted by Gasteiger charge is 2.62. The van der Waals surface area contributed by atoms with Crippen LogP contribution in [0.25, 0.3) is 0 Å². The Morgan fingerprint density at radius 2 is 0.959 bits per heavy atom. The van der Waals surface area contributed by atoms with E-state index in [1.165, 1.54) is 123 Å². The number of hydrogen-bond donors (Lipinski definition) is 5. The van der Waals surface area contributed by atoms with Crippen molar-refractivity contribution >= 4 is 5.97 Å². The first-order valence-electron chi connectivity index (χ1n) is 30.5. The van der Waals surface area contributed by atoms with Crippen LogP contribution in [0.5, 0.6) is 0 Å². The summed E-state index contributed by atoms with van der Waals surface area (Å²) in [5.41, 5.74) is 0. The Labute approximate surface area is 438 Å². The molecule has 12 atom stereocenters.